The van der Waals surface area contributed by atoms with Crippen molar-refractivity contribution in [3.63, 3.8) is 0 Å². The molecule has 1 aliphatic rings. The van der Waals surface area contributed by atoms with Crippen LogP contribution in [0.4, 0.5) is 4.79 Å². The Morgan fingerprint density at radius 3 is 2.25 bits per heavy atom. The fraction of sp³-hybridized carbons (Fsp3) is 0.465. The maximum Gasteiger partial charge on any atom is 0.408 e. The lowest BCUT2D eigenvalue weighted by atomic mass is 9.87. The summed E-state index contributed by atoms with van der Waals surface area (Å²) in [5, 5.41) is 20.6. The third-order valence-electron chi connectivity index (χ3n) is 10.7. The Kier molecular flexibility index (Phi) is 15.3. The number of hydrogen-bond donors (Lipinski definition) is 5. The predicted octanol–water partition coefficient (Wildman–Crippen LogP) is 7.28. The average Bonchev–Trinajstić information content (AvgIpc) is 3.70. The predicted molar refractivity (Wildman–Crippen MR) is 218 cm³/mol. The Balaban J connectivity index is 1.41. The monoisotopic (exact) mass is 785 g/mol. The molecule has 3 aromatic carbocycles. The van der Waals surface area contributed by atoms with Crippen molar-refractivity contribution in [2.75, 3.05) is 12.8 Å². The van der Waals surface area contributed by atoms with E-state index in [9.17, 15) is 28.8 Å². The van der Waals surface area contributed by atoms with Crippen molar-refractivity contribution in [1.82, 2.24) is 25.9 Å². The number of carbonyl (C=O) groups is 4. The first-order valence-corrected chi connectivity index (χ1v) is 22.1. The number of aromatic nitrogens is 2. The number of nitrogens with one attached hydrogen (secondary N) is 4. The number of aromatic amines is 1. The van der Waals surface area contributed by atoms with Gasteiger partial charge in [0.25, 0.3) is 0 Å². The zero-order valence-corrected chi connectivity index (χ0v) is 33.5. The molecular formula is C43H56N5O7P. The van der Waals surface area contributed by atoms with E-state index in [1.165, 1.54) is 6.33 Å². The Morgan fingerprint density at radius 1 is 0.875 bits per heavy atom. The van der Waals surface area contributed by atoms with Crippen LogP contribution in [0.25, 0.3) is 10.8 Å². The summed E-state index contributed by atoms with van der Waals surface area (Å²) >= 11 is 0. The Hall–Kier alpha value is -4.96. The van der Waals surface area contributed by atoms with Crippen LogP contribution in [-0.2, 0) is 43.1 Å². The molecule has 13 heteroatoms. The number of amides is 3. The van der Waals surface area contributed by atoms with E-state index in [4.69, 9.17) is 4.74 Å². The molecule has 56 heavy (non-hydrogen) atoms. The smallest absolute Gasteiger partial charge is 0.408 e. The van der Waals surface area contributed by atoms with Gasteiger partial charge in [0.15, 0.2) is 0 Å². The van der Waals surface area contributed by atoms with Gasteiger partial charge < -0.3 is 35.3 Å². The minimum atomic E-state index is -3.30. The minimum Gasteiger partial charge on any atom is -0.481 e. The maximum absolute atomic E-state index is 14.6. The first kappa shape index (κ1) is 42.2. The topological polar surface area (TPSA) is 180 Å². The molecule has 0 spiro atoms. The van der Waals surface area contributed by atoms with E-state index in [0.29, 0.717) is 18.5 Å². The number of benzene rings is 3. The lowest BCUT2D eigenvalue weighted by molar-refractivity contribution is -0.141. The van der Waals surface area contributed by atoms with Gasteiger partial charge in [-0.3, -0.25) is 14.4 Å². The summed E-state index contributed by atoms with van der Waals surface area (Å²) in [6.07, 6.45) is 8.30. The van der Waals surface area contributed by atoms with E-state index in [1.807, 2.05) is 86.6 Å². The molecule has 0 aliphatic heterocycles. The summed E-state index contributed by atoms with van der Waals surface area (Å²) in [5.41, 5.74) is 2.11. The minimum absolute atomic E-state index is 0.00116. The molecule has 1 saturated carbocycles. The Labute approximate surface area is 329 Å². The quantitative estimate of drug-likeness (QED) is 0.0616. The molecule has 5 N–H and O–H groups in total. The second kappa shape index (κ2) is 20.3. The van der Waals surface area contributed by atoms with Crippen LogP contribution >= 0.6 is 7.14 Å². The summed E-state index contributed by atoms with van der Waals surface area (Å²) < 4.78 is 20.2. The largest absolute Gasteiger partial charge is 0.481 e. The van der Waals surface area contributed by atoms with Gasteiger partial charge in [-0.25, -0.2) is 9.78 Å². The van der Waals surface area contributed by atoms with E-state index < -0.39 is 54.8 Å². The number of nitrogens with zero attached hydrogens (tertiary/aromatic N) is 1. The van der Waals surface area contributed by atoms with E-state index in [0.717, 1.165) is 54.0 Å². The highest BCUT2D eigenvalue weighted by molar-refractivity contribution is 7.63. The highest BCUT2D eigenvalue weighted by Gasteiger charge is 2.38. The van der Waals surface area contributed by atoms with Gasteiger partial charge in [-0.15, -0.1) is 0 Å². The first-order chi connectivity index (χ1) is 26.9. The van der Waals surface area contributed by atoms with Crippen LogP contribution in [0.5, 0.6) is 0 Å². The highest BCUT2D eigenvalue weighted by atomic mass is 31.2. The molecule has 0 radical (unpaired) electrons. The Morgan fingerprint density at radius 2 is 1.55 bits per heavy atom. The van der Waals surface area contributed by atoms with Gasteiger partial charge in [-0.05, 0) is 53.2 Å². The van der Waals surface area contributed by atoms with Crippen molar-refractivity contribution < 1.29 is 33.6 Å². The van der Waals surface area contributed by atoms with Gasteiger partial charge in [-0.1, -0.05) is 119 Å². The van der Waals surface area contributed by atoms with Crippen molar-refractivity contribution in [2.45, 2.75) is 96.1 Å². The van der Waals surface area contributed by atoms with Gasteiger partial charge in [0.2, 0.25) is 11.8 Å². The molecule has 1 fully saturated rings. The van der Waals surface area contributed by atoms with Crippen LogP contribution in [0.15, 0.2) is 85.3 Å². The number of carboxylic acids is 1. The van der Waals surface area contributed by atoms with Gasteiger partial charge >= 0.3 is 12.1 Å². The van der Waals surface area contributed by atoms with Crippen LogP contribution < -0.4 is 16.0 Å². The molecule has 1 aromatic heterocycles. The fourth-order valence-corrected chi connectivity index (χ4v) is 10.3. The van der Waals surface area contributed by atoms with Crippen molar-refractivity contribution in [3.05, 3.63) is 102 Å². The number of hydrogen-bond acceptors (Lipinski definition) is 7. The zero-order valence-electron chi connectivity index (χ0n) is 32.6. The summed E-state index contributed by atoms with van der Waals surface area (Å²) in [6, 6.07) is 20.4. The number of fused-ring (bicyclic) bond motifs is 1. The fourth-order valence-electron chi connectivity index (χ4n) is 7.71. The maximum atomic E-state index is 14.6. The van der Waals surface area contributed by atoms with Crippen LogP contribution in [0.1, 0.15) is 75.6 Å². The molecule has 12 nitrogen and oxygen atoms in total. The zero-order chi connectivity index (χ0) is 40.1. The summed E-state index contributed by atoms with van der Waals surface area (Å²) in [4.78, 5) is 61.5. The highest BCUT2D eigenvalue weighted by Crippen LogP contribution is 2.51. The number of imidazole rings is 1. The van der Waals surface area contributed by atoms with Gasteiger partial charge in [0, 0.05) is 25.2 Å². The summed E-state index contributed by atoms with van der Waals surface area (Å²) in [7, 11) is -3.30. The van der Waals surface area contributed by atoms with Crippen LogP contribution in [0, 0.1) is 17.8 Å². The number of alkyl carbamates (subject to hydrolysis) is 1. The molecule has 4 unspecified atom stereocenters. The molecule has 5 rings (SSSR count). The van der Waals surface area contributed by atoms with E-state index in [2.05, 4.69) is 25.9 Å². The SMILES string of the molecule is CC(C)CC(CP(C)(=O)C(CC1CCCCC1)NC(=O)[C@H](Cc1c[nH]cn1)NC(=O)C(Cc1cccc2ccccc12)NC(=O)OCc1ccccc1)C(=O)O. The standard InChI is InChI=1S/C43H56N5O7P/c1-29(2)21-34(42(51)52)27-56(3,54)39(22-30-13-6-4-7-14-30)48-41(50)38(24-35-25-44-28-45-35)46-40(49)37(47-43(53)55-26-31-15-8-5-9-16-31)23-33-19-12-18-32-17-10-11-20-36(32)33/h5,8-12,15-20,25,28-30,34,37-39H,4,6-7,13-14,21-24,26-27H2,1-3H3,(H,44,45)(H,46,49)(H,47,53)(H,48,50)(H,51,52)/t34?,37?,38-,39?,56?/m0/s1. The van der Waals surface area contributed by atoms with E-state index in [1.54, 1.807) is 12.9 Å². The van der Waals surface area contributed by atoms with Crippen molar-refractivity contribution in [3.8, 4) is 0 Å². The normalized spacial score (nSPS) is 16.6. The number of aliphatic carboxylic acids is 1. The van der Waals surface area contributed by atoms with Gasteiger partial charge in [-0.2, -0.15) is 0 Å². The summed E-state index contributed by atoms with van der Waals surface area (Å²) in [6.45, 7) is 5.47. The van der Waals surface area contributed by atoms with E-state index >= 15 is 0 Å². The lowest BCUT2D eigenvalue weighted by Gasteiger charge is -2.33. The van der Waals surface area contributed by atoms with Gasteiger partial charge in [0.1, 0.15) is 25.8 Å². The molecule has 1 aliphatic carbocycles. The third kappa shape index (κ3) is 12.5. The number of carboxylic acid groups (broad SMARTS) is 1. The number of rotatable bonds is 19. The lowest BCUT2D eigenvalue weighted by Crippen LogP contribution is -2.56. The molecule has 1 heterocycles. The molecule has 3 amide bonds. The molecule has 0 saturated heterocycles. The third-order valence-corrected chi connectivity index (χ3v) is 13.5. The second-order valence-corrected chi connectivity index (χ2v) is 19.0. The average molecular weight is 786 g/mol. The molecule has 5 atom stereocenters. The van der Waals surface area contributed by atoms with Crippen LogP contribution in [-0.4, -0.2) is 69.6 Å². The Bertz CT molecular complexity index is 1940. The van der Waals surface area contributed by atoms with Gasteiger partial charge in [0.05, 0.1) is 23.7 Å². The molecule has 4 aromatic rings. The molecule has 0 bridgehead atoms. The van der Waals surface area contributed by atoms with Crippen molar-refractivity contribution >= 4 is 41.8 Å². The van der Waals surface area contributed by atoms with Crippen LogP contribution in [0.2, 0.25) is 0 Å². The second-order valence-electron chi connectivity index (χ2n) is 15.7. The molecular weight excluding hydrogens is 729 g/mol. The van der Waals surface area contributed by atoms with Crippen molar-refractivity contribution in [2.24, 2.45) is 17.8 Å². The summed E-state index contributed by atoms with van der Waals surface area (Å²) in [5.74, 6) is -3.47. The number of H-pyrrole nitrogens is 1. The van der Waals surface area contributed by atoms with E-state index in [-0.39, 0.29) is 37.4 Å². The van der Waals surface area contributed by atoms with Crippen LogP contribution in [0.3, 0.4) is 0 Å². The van der Waals surface area contributed by atoms with Crippen molar-refractivity contribution in [1.29, 1.82) is 0 Å². The first-order valence-electron chi connectivity index (χ1n) is 19.7. The number of carbonyl (C=O) groups excluding carboxylic acids is 3. The number of ether oxygens (including phenoxy) is 1. The molecule has 300 valence electrons.